The van der Waals surface area contributed by atoms with Crippen molar-refractivity contribution in [2.75, 3.05) is 23.2 Å². The van der Waals surface area contributed by atoms with Gasteiger partial charge in [0.15, 0.2) is 0 Å². The molecule has 2 aliphatic heterocycles. The summed E-state index contributed by atoms with van der Waals surface area (Å²) in [4.78, 5) is 0. The molecule has 56 heavy (non-hydrogen) atoms. The van der Waals surface area contributed by atoms with Crippen molar-refractivity contribution >= 4 is 22.8 Å². The number of hydrogen-bond donors (Lipinski definition) is 0. The van der Waals surface area contributed by atoms with Crippen LogP contribution in [0, 0.1) is 0 Å². The molecular weight excluding hydrogens is 689 g/mol. The largest absolute Gasteiger partial charge is 0.493 e. The molecule has 0 saturated carbocycles. The van der Waals surface area contributed by atoms with Crippen molar-refractivity contribution in [2.45, 2.75) is 63.5 Å². The maximum atomic E-state index is 6.41. The topological polar surface area (TPSA) is 49.7 Å². The zero-order chi connectivity index (χ0) is 37.8. The van der Waals surface area contributed by atoms with Crippen LogP contribution in [0.5, 0.6) is 11.5 Å². The Morgan fingerprint density at radius 3 is 1.14 bits per heavy atom. The molecule has 6 aromatic rings. The number of rotatable bonds is 17. The second-order valence-electron chi connectivity index (χ2n) is 14.5. The predicted molar refractivity (Wildman–Crippen MR) is 230 cm³/mol. The molecule has 8 rings (SSSR count). The van der Waals surface area contributed by atoms with Crippen LogP contribution in [-0.4, -0.2) is 24.6 Å². The van der Waals surface area contributed by atoms with Gasteiger partial charge in [-0.05, 0) is 72.5 Å². The lowest BCUT2D eigenvalue weighted by Gasteiger charge is -2.23. The van der Waals surface area contributed by atoms with Gasteiger partial charge in [0, 0.05) is 24.0 Å². The maximum Gasteiger partial charge on any atom is 0.128 e. The van der Waals surface area contributed by atoms with Crippen molar-refractivity contribution in [1.29, 1.82) is 0 Å². The summed E-state index contributed by atoms with van der Waals surface area (Å²) in [7, 11) is 0. The van der Waals surface area contributed by atoms with Crippen molar-refractivity contribution in [2.24, 2.45) is 10.2 Å². The first kappa shape index (κ1) is 36.8. The average Bonchev–Trinajstić information content (AvgIpc) is 3.92. The summed E-state index contributed by atoms with van der Waals surface area (Å²) < 4.78 is 12.8. The number of nitrogens with zero attached hydrogens (tertiary/aromatic N) is 4. The van der Waals surface area contributed by atoms with Crippen molar-refractivity contribution in [1.82, 2.24) is 0 Å². The van der Waals surface area contributed by atoms with E-state index in [0.29, 0.717) is 13.2 Å². The van der Waals surface area contributed by atoms with Gasteiger partial charge in [-0.1, -0.05) is 147 Å². The minimum atomic E-state index is 0.141. The maximum absolute atomic E-state index is 6.41. The lowest BCUT2D eigenvalue weighted by Crippen LogP contribution is -2.18. The van der Waals surface area contributed by atoms with E-state index in [4.69, 9.17) is 19.7 Å². The first-order valence-electron chi connectivity index (χ1n) is 20.2. The predicted octanol–water partition coefficient (Wildman–Crippen LogP) is 12.2. The summed E-state index contributed by atoms with van der Waals surface area (Å²) in [6.07, 6.45) is 8.36. The van der Waals surface area contributed by atoms with E-state index in [1.54, 1.807) is 0 Å². The molecule has 2 aliphatic rings. The van der Waals surface area contributed by atoms with E-state index in [-0.39, 0.29) is 12.1 Å². The molecule has 0 N–H and O–H groups in total. The van der Waals surface area contributed by atoms with Crippen LogP contribution in [0.2, 0.25) is 0 Å². The molecule has 0 bridgehead atoms. The molecule has 282 valence electrons. The summed E-state index contributed by atoms with van der Waals surface area (Å²) in [6.45, 7) is 1.40. The fourth-order valence-corrected chi connectivity index (χ4v) is 7.79. The first-order valence-corrected chi connectivity index (χ1v) is 20.2. The first-order chi connectivity index (χ1) is 27.8. The monoisotopic (exact) mass is 738 g/mol. The number of benzene rings is 6. The van der Waals surface area contributed by atoms with Gasteiger partial charge < -0.3 is 9.47 Å². The van der Waals surface area contributed by atoms with Crippen LogP contribution in [0.25, 0.3) is 0 Å². The van der Waals surface area contributed by atoms with Gasteiger partial charge in [-0.15, -0.1) is 0 Å². The lowest BCUT2D eigenvalue weighted by molar-refractivity contribution is 0.296. The zero-order valence-electron chi connectivity index (χ0n) is 32.0. The molecule has 0 aromatic heterocycles. The summed E-state index contributed by atoms with van der Waals surface area (Å²) >= 11 is 0. The van der Waals surface area contributed by atoms with E-state index in [2.05, 4.69) is 168 Å². The Labute approximate surface area is 331 Å². The Hall–Kier alpha value is -6.14. The van der Waals surface area contributed by atoms with Gasteiger partial charge in [-0.25, -0.2) is 0 Å². The van der Waals surface area contributed by atoms with Gasteiger partial charge in [-0.2, -0.15) is 10.2 Å². The van der Waals surface area contributed by atoms with Gasteiger partial charge in [-0.3, -0.25) is 10.0 Å². The fourth-order valence-electron chi connectivity index (χ4n) is 7.79. The van der Waals surface area contributed by atoms with Crippen molar-refractivity contribution in [3.63, 3.8) is 0 Å². The quantitative estimate of drug-likeness (QED) is 0.0874. The van der Waals surface area contributed by atoms with Crippen molar-refractivity contribution in [3.05, 3.63) is 192 Å². The third kappa shape index (κ3) is 8.87. The van der Waals surface area contributed by atoms with Crippen LogP contribution in [0.1, 0.15) is 85.7 Å². The number of hydrogen-bond acceptors (Lipinski definition) is 6. The summed E-state index contributed by atoms with van der Waals surface area (Å²) in [5, 5.41) is 14.7. The van der Waals surface area contributed by atoms with E-state index in [9.17, 15) is 0 Å². The minimum absolute atomic E-state index is 0.141. The lowest BCUT2D eigenvalue weighted by atomic mass is 9.97. The third-order valence-corrected chi connectivity index (χ3v) is 10.7. The van der Waals surface area contributed by atoms with E-state index in [0.717, 1.165) is 83.9 Å². The van der Waals surface area contributed by atoms with Gasteiger partial charge >= 0.3 is 0 Å². The Bertz CT molecular complexity index is 2030. The molecule has 6 aromatic carbocycles. The number of para-hydroxylation sites is 4. The summed E-state index contributed by atoms with van der Waals surface area (Å²) in [6, 6.07) is 59.3. The third-order valence-electron chi connectivity index (χ3n) is 10.7. The molecule has 0 aliphatic carbocycles. The molecule has 0 spiro atoms. The van der Waals surface area contributed by atoms with E-state index in [1.165, 1.54) is 24.0 Å². The molecule has 2 unspecified atom stereocenters. The standard InChI is InChI=1S/C50H50N4O2/c1(3-21-35-55-49-33-19-17-31-43(49)45-37-47(39-23-9-5-10-24-39)53(51-45)41-27-13-7-14-28-41)2-4-22-36-56-50-34-20-18-32-44(50)46-38-48(40-25-11-6-12-26-40)54(52-46)42-29-15-8-16-30-42/h5-20,23-34,47-48H,1-4,21-22,35-38H2. The highest BCUT2D eigenvalue weighted by Gasteiger charge is 2.32. The van der Waals surface area contributed by atoms with Gasteiger partial charge in [0.05, 0.1) is 48.1 Å². The number of unbranched alkanes of at least 4 members (excludes halogenated alkanes) is 5. The van der Waals surface area contributed by atoms with E-state index >= 15 is 0 Å². The fraction of sp³-hybridized carbons (Fsp3) is 0.240. The zero-order valence-corrected chi connectivity index (χ0v) is 32.0. The normalized spacial score (nSPS) is 16.4. The van der Waals surface area contributed by atoms with Crippen molar-refractivity contribution < 1.29 is 9.47 Å². The number of ether oxygens (including phenoxy) is 2. The molecular formula is C50H50N4O2. The molecule has 6 heteroatoms. The molecule has 0 amide bonds. The Kier molecular flexibility index (Phi) is 12.1. The van der Waals surface area contributed by atoms with Gasteiger partial charge in [0.25, 0.3) is 0 Å². The van der Waals surface area contributed by atoms with Crippen LogP contribution in [0.3, 0.4) is 0 Å². The van der Waals surface area contributed by atoms with Crippen molar-refractivity contribution in [3.8, 4) is 11.5 Å². The highest BCUT2D eigenvalue weighted by atomic mass is 16.5. The minimum Gasteiger partial charge on any atom is -0.493 e. The highest BCUT2D eigenvalue weighted by Crippen LogP contribution is 2.39. The van der Waals surface area contributed by atoms with Crippen LogP contribution >= 0.6 is 0 Å². The second kappa shape index (κ2) is 18.5. The smallest absolute Gasteiger partial charge is 0.128 e. The molecule has 2 atom stereocenters. The summed E-state index contributed by atoms with van der Waals surface area (Å²) in [5.41, 5.74) is 9.00. The number of anilines is 2. The van der Waals surface area contributed by atoms with Crippen LogP contribution < -0.4 is 19.5 Å². The van der Waals surface area contributed by atoms with Crippen LogP contribution in [-0.2, 0) is 0 Å². The van der Waals surface area contributed by atoms with E-state index in [1.807, 2.05) is 12.1 Å². The van der Waals surface area contributed by atoms with Gasteiger partial charge in [0.2, 0.25) is 0 Å². The SMILES string of the molecule is c1ccc(C2CC(c3ccccc3OCCCCCCCCOc3ccccc3C3=NN(c4ccccc4)C(c4ccccc4)C3)=NN2c2ccccc2)cc1. The molecule has 0 radical (unpaired) electrons. The van der Waals surface area contributed by atoms with Gasteiger partial charge in [0.1, 0.15) is 11.5 Å². The Morgan fingerprint density at radius 1 is 0.393 bits per heavy atom. The second-order valence-corrected chi connectivity index (χ2v) is 14.5. The molecule has 0 fully saturated rings. The Balaban J connectivity index is 0.794. The highest BCUT2D eigenvalue weighted by molar-refractivity contribution is 6.06. The molecule has 6 nitrogen and oxygen atoms in total. The van der Waals surface area contributed by atoms with E-state index < -0.39 is 0 Å². The number of hydrazone groups is 2. The Morgan fingerprint density at radius 2 is 0.732 bits per heavy atom. The van der Waals surface area contributed by atoms with Crippen LogP contribution in [0.4, 0.5) is 11.4 Å². The van der Waals surface area contributed by atoms with Crippen LogP contribution in [0.15, 0.2) is 180 Å². The molecule has 2 heterocycles. The summed E-state index contributed by atoms with van der Waals surface area (Å²) in [5.74, 6) is 1.83. The average molecular weight is 739 g/mol. The molecule has 0 saturated heterocycles.